The first-order valence-electron chi connectivity index (χ1n) is 7.62. The number of hydrogen-bond acceptors (Lipinski definition) is 3. The summed E-state index contributed by atoms with van der Waals surface area (Å²) in [6.07, 6.45) is 1.37. The average Bonchev–Trinajstić information content (AvgIpc) is 2.98. The predicted molar refractivity (Wildman–Crippen MR) is 88.6 cm³/mol. The molecule has 114 valence electrons. The molecule has 2 unspecified atom stereocenters. The van der Waals surface area contributed by atoms with Crippen molar-refractivity contribution in [2.24, 2.45) is 0 Å². The highest BCUT2D eigenvalue weighted by Crippen LogP contribution is 2.16. The van der Waals surface area contributed by atoms with Crippen LogP contribution in [-0.4, -0.2) is 27.2 Å². The molecule has 3 aromatic rings. The average molecular weight is 295 g/mol. The van der Waals surface area contributed by atoms with Gasteiger partial charge in [-0.25, -0.2) is 4.98 Å². The number of rotatable bonds is 6. The Balaban J connectivity index is 1.56. The number of aromatic nitrogens is 2. The summed E-state index contributed by atoms with van der Waals surface area (Å²) in [5.74, 6) is 0. The van der Waals surface area contributed by atoms with Gasteiger partial charge in [-0.3, -0.25) is 0 Å². The minimum Gasteiger partial charge on any atom is -0.387 e. The molecule has 0 aliphatic heterocycles. The zero-order chi connectivity index (χ0) is 15.4. The van der Waals surface area contributed by atoms with E-state index < -0.39 is 6.10 Å². The molecule has 2 atom stereocenters. The van der Waals surface area contributed by atoms with E-state index in [9.17, 15) is 5.11 Å². The first-order chi connectivity index (χ1) is 10.8. The molecular weight excluding hydrogens is 274 g/mol. The summed E-state index contributed by atoms with van der Waals surface area (Å²) < 4.78 is 2.13. The molecule has 4 heteroatoms. The molecule has 22 heavy (non-hydrogen) atoms. The van der Waals surface area contributed by atoms with E-state index >= 15 is 0 Å². The minimum absolute atomic E-state index is 0.00261. The maximum absolute atomic E-state index is 10.3. The third-order valence-electron chi connectivity index (χ3n) is 3.96. The van der Waals surface area contributed by atoms with Crippen LogP contribution in [-0.2, 0) is 6.54 Å². The van der Waals surface area contributed by atoms with Crippen molar-refractivity contribution in [3.05, 3.63) is 66.5 Å². The number of para-hydroxylation sites is 2. The summed E-state index contributed by atoms with van der Waals surface area (Å²) in [6, 6.07) is 17.9. The largest absolute Gasteiger partial charge is 0.387 e. The van der Waals surface area contributed by atoms with Crippen LogP contribution < -0.4 is 5.32 Å². The van der Waals surface area contributed by atoms with Crippen molar-refractivity contribution in [1.29, 1.82) is 0 Å². The highest BCUT2D eigenvalue weighted by atomic mass is 16.3. The van der Waals surface area contributed by atoms with E-state index in [1.54, 1.807) is 0 Å². The number of aliphatic hydroxyl groups excluding tert-OH is 1. The number of fused-ring (bicyclic) bond motifs is 1. The molecule has 2 N–H and O–H groups in total. The number of nitrogens with one attached hydrogen (secondary N) is 1. The molecule has 4 nitrogen and oxygen atoms in total. The van der Waals surface area contributed by atoms with Gasteiger partial charge in [0.25, 0.3) is 0 Å². The maximum Gasteiger partial charge on any atom is 0.0958 e. The Morgan fingerprint density at radius 2 is 1.82 bits per heavy atom. The van der Waals surface area contributed by atoms with Gasteiger partial charge in [-0.15, -0.1) is 0 Å². The lowest BCUT2D eigenvalue weighted by molar-refractivity contribution is 0.135. The van der Waals surface area contributed by atoms with Crippen molar-refractivity contribution in [2.75, 3.05) is 6.54 Å². The zero-order valence-electron chi connectivity index (χ0n) is 12.7. The fraction of sp³-hybridized carbons (Fsp3) is 0.278. The summed E-state index contributed by atoms with van der Waals surface area (Å²) >= 11 is 0. The van der Waals surface area contributed by atoms with Crippen LogP contribution in [0.4, 0.5) is 0 Å². The van der Waals surface area contributed by atoms with Crippen molar-refractivity contribution in [2.45, 2.75) is 25.6 Å². The molecule has 1 aromatic heterocycles. The van der Waals surface area contributed by atoms with Gasteiger partial charge >= 0.3 is 0 Å². The van der Waals surface area contributed by atoms with E-state index in [0.29, 0.717) is 0 Å². The molecule has 2 aromatic carbocycles. The van der Waals surface area contributed by atoms with Crippen molar-refractivity contribution in [1.82, 2.24) is 14.9 Å². The van der Waals surface area contributed by atoms with Gasteiger partial charge in [-0.2, -0.15) is 0 Å². The highest BCUT2D eigenvalue weighted by Gasteiger charge is 2.15. The van der Waals surface area contributed by atoms with E-state index in [0.717, 1.165) is 29.7 Å². The Hall–Kier alpha value is -2.17. The Morgan fingerprint density at radius 1 is 1.09 bits per heavy atom. The summed E-state index contributed by atoms with van der Waals surface area (Å²) in [5.41, 5.74) is 3.09. The zero-order valence-corrected chi connectivity index (χ0v) is 12.7. The maximum atomic E-state index is 10.3. The Morgan fingerprint density at radius 3 is 2.64 bits per heavy atom. The van der Waals surface area contributed by atoms with Crippen LogP contribution in [0.15, 0.2) is 60.9 Å². The van der Waals surface area contributed by atoms with Crippen LogP contribution in [0.25, 0.3) is 11.0 Å². The first kappa shape index (κ1) is 14.8. The number of hydrogen-bond donors (Lipinski definition) is 2. The second-order valence-corrected chi connectivity index (χ2v) is 5.52. The number of nitrogens with zero attached hydrogens (tertiary/aromatic N) is 2. The monoisotopic (exact) mass is 295 g/mol. The predicted octanol–water partition coefficient (Wildman–Crippen LogP) is 2.75. The summed E-state index contributed by atoms with van der Waals surface area (Å²) in [4.78, 5) is 4.38. The topological polar surface area (TPSA) is 50.1 Å². The van der Waals surface area contributed by atoms with Crippen molar-refractivity contribution in [3.63, 3.8) is 0 Å². The van der Waals surface area contributed by atoms with Crippen LogP contribution in [0.3, 0.4) is 0 Å². The van der Waals surface area contributed by atoms with Crippen molar-refractivity contribution < 1.29 is 5.11 Å². The molecule has 0 bridgehead atoms. The third kappa shape index (κ3) is 3.18. The van der Waals surface area contributed by atoms with Gasteiger partial charge < -0.3 is 15.0 Å². The molecular formula is C18H21N3O. The molecule has 0 aliphatic carbocycles. The first-order valence-corrected chi connectivity index (χ1v) is 7.62. The van der Waals surface area contributed by atoms with E-state index in [4.69, 9.17) is 0 Å². The summed E-state index contributed by atoms with van der Waals surface area (Å²) in [7, 11) is 0. The smallest absolute Gasteiger partial charge is 0.0958 e. The SMILES string of the molecule is CC(NCCn1cnc2ccccc21)C(O)c1ccccc1. The van der Waals surface area contributed by atoms with Crippen molar-refractivity contribution in [3.8, 4) is 0 Å². The summed E-state index contributed by atoms with van der Waals surface area (Å²) in [6.45, 7) is 3.61. The van der Waals surface area contributed by atoms with Crippen molar-refractivity contribution >= 4 is 11.0 Å². The van der Waals surface area contributed by atoms with E-state index in [2.05, 4.69) is 20.9 Å². The second kappa shape index (κ2) is 6.73. The van der Waals surface area contributed by atoms with Gasteiger partial charge in [-0.1, -0.05) is 42.5 Å². The molecule has 0 spiro atoms. The number of benzene rings is 2. The van der Waals surface area contributed by atoms with Crippen LogP contribution in [0, 0.1) is 0 Å². The molecule has 0 saturated heterocycles. The second-order valence-electron chi connectivity index (χ2n) is 5.52. The molecule has 0 saturated carbocycles. The van der Waals surface area contributed by atoms with Gasteiger partial charge in [0.05, 0.1) is 23.5 Å². The highest BCUT2D eigenvalue weighted by molar-refractivity contribution is 5.74. The Kier molecular flexibility index (Phi) is 4.51. The van der Waals surface area contributed by atoms with Gasteiger partial charge in [0.15, 0.2) is 0 Å². The van der Waals surface area contributed by atoms with Gasteiger partial charge in [-0.05, 0) is 24.6 Å². The number of aliphatic hydroxyl groups is 1. The van der Waals surface area contributed by atoms with Gasteiger partial charge in [0.2, 0.25) is 0 Å². The fourth-order valence-electron chi connectivity index (χ4n) is 2.65. The lowest BCUT2D eigenvalue weighted by Gasteiger charge is -2.20. The van der Waals surface area contributed by atoms with Gasteiger partial charge in [0, 0.05) is 19.1 Å². The van der Waals surface area contributed by atoms with Crippen LogP contribution in [0.2, 0.25) is 0 Å². The van der Waals surface area contributed by atoms with Gasteiger partial charge in [0.1, 0.15) is 0 Å². The van der Waals surface area contributed by atoms with Crippen LogP contribution in [0.1, 0.15) is 18.6 Å². The molecule has 0 amide bonds. The van der Waals surface area contributed by atoms with E-state index in [-0.39, 0.29) is 6.04 Å². The van der Waals surface area contributed by atoms with Crippen LogP contribution in [0.5, 0.6) is 0 Å². The molecule has 0 fully saturated rings. The lowest BCUT2D eigenvalue weighted by Crippen LogP contribution is -2.34. The lowest BCUT2D eigenvalue weighted by atomic mass is 10.0. The van der Waals surface area contributed by atoms with E-state index in [1.807, 2.05) is 61.8 Å². The normalized spacial score (nSPS) is 14.1. The third-order valence-corrected chi connectivity index (χ3v) is 3.96. The fourth-order valence-corrected chi connectivity index (χ4v) is 2.65. The molecule has 1 heterocycles. The van der Waals surface area contributed by atoms with Crippen LogP contribution >= 0.6 is 0 Å². The quantitative estimate of drug-likeness (QED) is 0.735. The summed E-state index contributed by atoms with van der Waals surface area (Å²) in [5, 5.41) is 13.7. The number of imidazole rings is 1. The molecule has 0 radical (unpaired) electrons. The molecule has 0 aliphatic rings. The Labute approximate surface area is 130 Å². The Bertz CT molecular complexity index is 723. The van der Waals surface area contributed by atoms with E-state index in [1.165, 1.54) is 0 Å². The minimum atomic E-state index is -0.499. The standard InChI is InChI=1S/C18H21N3O/c1-14(18(22)15-7-3-2-4-8-15)19-11-12-21-13-20-16-9-5-6-10-17(16)21/h2-10,13-14,18-19,22H,11-12H2,1H3. The molecule has 3 rings (SSSR count).